The maximum atomic E-state index is 13.5. The SMILES string of the molecule is CC1CCC(OCC(=O)Nc2cc(N)ccc2F)CC1C. The number of carbonyl (C=O) groups is 1. The molecule has 0 heterocycles. The molecule has 116 valence electrons. The molecule has 4 nitrogen and oxygen atoms in total. The van der Waals surface area contributed by atoms with Crippen molar-refractivity contribution in [2.45, 2.75) is 39.2 Å². The second kappa shape index (κ2) is 6.89. The summed E-state index contributed by atoms with van der Waals surface area (Å²) in [5, 5.41) is 2.49. The molecule has 0 bridgehead atoms. The Morgan fingerprint density at radius 2 is 2.14 bits per heavy atom. The smallest absolute Gasteiger partial charge is 0.250 e. The Morgan fingerprint density at radius 3 is 2.86 bits per heavy atom. The minimum atomic E-state index is -0.502. The number of nitrogen functional groups attached to an aromatic ring is 1. The number of halogens is 1. The van der Waals surface area contributed by atoms with Crippen LogP contribution in [0.4, 0.5) is 15.8 Å². The average Bonchev–Trinajstić information content (AvgIpc) is 2.44. The molecule has 21 heavy (non-hydrogen) atoms. The molecule has 1 fully saturated rings. The van der Waals surface area contributed by atoms with E-state index in [1.54, 1.807) is 0 Å². The van der Waals surface area contributed by atoms with Gasteiger partial charge in [-0.1, -0.05) is 13.8 Å². The molecule has 1 aromatic rings. The number of benzene rings is 1. The fourth-order valence-electron chi connectivity index (χ4n) is 2.67. The summed E-state index contributed by atoms with van der Waals surface area (Å²) in [7, 11) is 0. The predicted molar refractivity (Wildman–Crippen MR) is 81.4 cm³/mol. The molecule has 3 atom stereocenters. The van der Waals surface area contributed by atoms with Gasteiger partial charge < -0.3 is 15.8 Å². The highest BCUT2D eigenvalue weighted by molar-refractivity contribution is 5.92. The van der Waals surface area contributed by atoms with Crippen molar-refractivity contribution in [3.05, 3.63) is 24.0 Å². The normalized spacial score (nSPS) is 25.6. The lowest BCUT2D eigenvalue weighted by Crippen LogP contribution is -2.30. The van der Waals surface area contributed by atoms with Crippen molar-refractivity contribution >= 4 is 17.3 Å². The lowest BCUT2D eigenvalue weighted by molar-refractivity contribution is -0.123. The minimum Gasteiger partial charge on any atom is -0.399 e. The summed E-state index contributed by atoms with van der Waals surface area (Å²) < 4.78 is 19.1. The number of carbonyl (C=O) groups excluding carboxylic acids is 1. The first-order valence-electron chi connectivity index (χ1n) is 7.42. The van der Waals surface area contributed by atoms with Gasteiger partial charge in [0.1, 0.15) is 12.4 Å². The molecule has 1 amide bonds. The van der Waals surface area contributed by atoms with Crippen molar-refractivity contribution in [2.75, 3.05) is 17.7 Å². The molecule has 0 aliphatic heterocycles. The molecule has 1 aromatic carbocycles. The van der Waals surface area contributed by atoms with Crippen LogP contribution in [0.3, 0.4) is 0 Å². The van der Waals surface area contributed by atoms with E-state index in [0.717, 1.165) is 19.3 Å². The predicted octanol–water partition coefficient (Wildman–Crippen LogP) is 3.19. The summed E-state index contributed by atoms with van der Waals surface area (Å²) in [6.45, 7) is 4.40. The van der Waals surface area contributed by atoms with Gasteiger partial charge in [-0.25, -0.2) is 4.39 Å². The van der Waals surface area contributed by atoms with E-state index in [9.17, 15) is 9.18 Å². The van der Waals surface area contributed by atoms with E-state index in [1.165, 1.54) is 18.2 Å². The highest BCUT2D eigenvalue weighted by Gasteiger charge is 2.25. The van der Waals surface area contributed by atoms with Gasteiger partial charge in [-0.15, -0.1) is 0 Å². The summed E-state index contributed by atoms with van der Waals surface area (Å²) in [5.74, 6) is 0.460. The van der Waals surface area contributed by atoms with Crippen LogP contribution in [-0.2, 0) is 9.53 Å². The Balaban J connectivity index is 1.81. The lowest BCUT2D eigenvalue weighted by atomic mass is 9.80. The molecule has 3 unspecified atom stereocenters. The van der Waals surface area contributed by atoms with Gasteiger partial charge in [-0.3, -0.25) is 4.79 Å². The van der Waals surface area contributed by atoms with Crippen molar-refractivity contribution in [3.63, 3.8) is 0 Å². The first-order chi connectivity index (χ1) is 9.95. The van der Waals surface area contributed by atoms with Crippen LogP contribution in [0, 0.1) is 17.7 Å². The van der Waals surface area contributed by atoms with E-state index in [0.29, 0.717) is 17.5 Å². The molecule has 2 rings (SSSR count). The summed E-state index contributed by atoms with van der Waals surface area (Å²) in [4.78, 5) is 11.8. The van der Waals surface area contributed by atoms with Crippen LogP contribution >= 0.6 is 0 Å². The van der Waals surface area contributed by atoms with Crippen LogP contribution in [0.1, 0.15) is 33.1 Å². The zero-order chi connectivity index (χ0) is 15.4. The lowest BCUT2D eigenvalue weighted by Gasteiger charge is -2.31. The molecule has 0 spiro atoms. The van der Waals surface area contributed by atoms with Crippen molar-refractivity contribution in [1.29, 1.82) is 0 Å². The average molecular weight is 294 g/mol. The standard InChI is InChI=1S/C16H23FN2O2/c1-10-3-5-13(7-11(10)2)21-9-16(20)19-15-8-12(18)4-6-14(15)17/h4,6,8,10-11,13H,3,5,7,9,18H2,1-2H3,(H,19,20). The highest BCUT2D eigenvalue weighted by atomic mass is 19.1. The number of nitrogens with two attached hydrogens (primary N) is 1. The van der Waals surface area contributed by atoms with E-state index >= 15 is 0 Å². The van der Waals surface area contributed by atoms with Gasteiger partial charge in [0.05, 0.1) is 11.8 Å². The maximum absolute atomic E-state index is 13.5. The zero-order valence-corrected chi connectivity index (χ0v) is 12.6. The number of nitrogens with one attached hydrogen (secondary N) is 1. The second-order valence-electron chi connectivity index (χ2n) is 5.99. The van der Waals surface area contributed by atoms with E-state index in [2.05, 4.69) is 19.2 Å². The van der Waals surface area contributed by atoms with Crippen molar-refractivity contribution < 1.29 is 13.9 Å². The molecule has 5 heteroatoms. The third-order valence-corrected chi connectivity index (χ3v) is 4.26. The van der Waals surface area contributed by atoms with Crippen LogP contribution in [0.25, 0.3) is 0 Å². The fraction of sp³-hybridized carbons (Fsp3) is 0.562. The van der Waals surface area contributed by atoms with Crippen LogP contribution < -0.4 is 11.1 Å². The first-order valence-corrected chi connectivity index (χ1v) is 7.42. The Morgan fingerprint density at radius 1 is 1.38 bits per heavy atom. The van der Waals surface area contributed by atoms with Crippen LogP contribution in [0.2, 0.25) is 0 Å². The number of amides is 1. The molecular weight excluding hydrogens is 271 g/mol. The third kappa shape index (κ3) is 4.43. The molecule has 0 radical (unpaired) electrons. The van der Waals surface area contributed by atoms with Gasteiger partial charge in [0.2, 0.25) is 5.91 Å². The number of anilines is 2. The monoisotopic (exact) mass is 294 g/mol. The van der Waals surface area contributed by atoms with Gasteiger partial charge in [0.15, 0.2) is 0 Å². The van der Waals surface area contributed by atoms with Gasteiger partial charge in [0.25, 0.3) is 0 Å². The summed E-state index contributed by atoms with van der Waals surface area (Å²) in [5.41, 5.74) is 6.07. The topological polar surface area (TPSA) is 64.3 Å². The van der Waals surface area contributed by atoms with E-state index in [-0.39, 0.29) is 24.3 Å². The largest absolute Gasteiger partial charge is 0.399 e. The number of ether oxygens (including phenoxy) is 1. The van der Waals surface area contributed by atoms with Crippen molar-refractivity contribution in [1.82, 2.24) is 0 Å². The Labute approximate surface area is 124 Å². The minimum absolute atomic E-state index is 0.0555. The summed E-state index contributed by atoms with van der Waals surface area (Å²) in [6, 6.07) is 4.08. The van der Waals surface area contributed by atoms with Gasteiger partial charge in [-0.05, 0) is 49.3 Å². The summed E-state index contributed by atoms with van der Waals surface area (Å²) >= 11 is 0. The Kier molecular flexibility index (Phi) is 5.17. The number of hydrogen-bond acceptors (Lipinski definition) is 3. The van der Waals surface area contributed by atoms with E-state index in [1.807, 2.05) is 0 Å². The van der Waals surface area contributed by atoms with E-state index < -0.39 is 5.82 Å². The molecule has 0 aromatic heterocycles. The molecule has 3 N–H and O–H groups in total. The number of hydrogen-bond donors (Lipinski definition) is 2. The Bertz CT molecular complexity index is 507. The molecular formula is C16H23FN2O2. The Hall–Kier alpha value is -1.62. The fourth-order valence-corrected chi connectivity index (χ4v) is 2.67. The van der Waals surface area contributed by atoms with E-state index in [4.69, 9.17) is 10.5 Å². The van der Waals surface area contributed by atoms with Gasteiger partial charge >= 0.3 is 0 Å². The second-order valence-corrected chi connectivity index (χ2v) is 5.99. The molecule has 1 saturated carbocycles. The quantitative estimate of drug-likeness (QED) is 0.838. The summed E-state index contributed by atoms with van der Waals surface area (Å²) in [6.07, 6.45) is 3.19. The maximum Gasteiger partial charge on any atom is 0.250 e. The van der Waals surface area contributed by atoms with Crippen LogP contribution in [0.5, 0.6) is 0 Å². The van der Waals surface area contributed by atoms with Crippen LogP contribution in [-0.4, -0.2) is 18.6 Å². The third-order valence-electron chi connectivity index (χ3n) is 4.26. The van der Waals surface area contributed by atoms with Gasteiger partial charge in [-0.2, -0.15) is 0 Å². The molecule has 0 saturated heterocycles. The van der Waals surface area contributed by atoms with Gasteiger partial charge in [0, 0.05) is 5.69 Å². The zero-order valence-electron chi connectivity index (χ0n) is 12.6. The highest BCUT2D eigenvalue weighted by Crippen LogP contribution is 2.30. The number of rotatable bonds is 4. The van der Waals surface area contributed by atoms with Crippen LogP contribution in [0.15, 0.2) is 18.2 Å². The van der Waals surface area contributed by atoms with Crippen molar-refractivity contribution in [3.8, 4) is 0 Å². The molecule has 1 aliphatic carbocycles. The first kappa shape index (κ1) is 15.8. The molecule has 1 aliphatic rings. The van der Waals surface area contributed by atoms with Crippen molar-refractivity contribution in [2.24, 2.45) is 11.8 Å².